The second-order valence-electron chi connectivity index (χ2n) is 6.13. The van der Waals surface area contributed by atoms with Crippen molar-refractivity contribution in [3.05, 3.63) is 0 Å². The Labute approximate surface area is 142 Å². The summed E-state index contributed by atoms with van der Waals surface area (Å²) in [6, 6.07) is 0.0670. The lowest BCUT2D eigenvalue weighted by Crippen LogP contribution is -2.42. The van der Waals surface area contributed by atoms with E-state index < -0.39 is 0 Å². The molecule has 0 aliphatic carbocycles. The molecule has 5 heteroatoms. The summed E-state index contributed by atoms with van der Waals surface area (Å²) >= 11 is 0. The van der Waals surface area contributed by atoms with Crippen LogP contribution in [0, 0.1) is 0 Å². The van der Waals surface area contributed by atoms with Crippen molar-refractivity contribution in [3.8, 4) is 0 Å². The number of urea groups is 1. The minimum Gasteiger partial charge on any atom is -0.354 e. The highest BCUT2D eigenvalue weighted by molar-refractivity contribution is 5.77. The molecule has 0 bridgehead atoms. The topological polar surface area (TPSA) is 42.0 Å². The van der Waals surface area contributed by atoms with Gasteiger partial charge in [-0.05, 0) is 26.7 Å². The Morgan fingerprint density at radius 1 is 0.739 bits per heavy atom. The van der Waals surface area contributed by atoms with Gasteiger partial charge in [-0.1, -0.05) is 46.0 Å². The lowest BCUT2D eigenvalue weighted by Gasteiger charge is -2.27. The van der Waals surface area contributed by atoms with Gasteiger partial charge in [-0.15, -0.1) is 0 Å². The number of nitrogens with zero attached hydrogens (tertiary/aromatic N) is 2. The fourth-order valence-electron chi connectivity index (χ4n) is 3.13. The summed E-state index contributed by atoms with van der Waals surface area (Å²) in [5.41, 5.74) is 0. The number of carbonyl (C=O) groups is 1. The average molecular weight is 328 g/mol. The lowest BCUT2D eigenvalue weighted by atomic mass is 10.1. The molecule has 0 radical (unpaired) electrons. The van der Waals surface area contributed by atoms with Crippen LogP contribution >= 0.6 is 0 Å². The number of hydrogen-bond acceptors (Lipinski definition) is 3. The van der Waals surface area contributed by atoms with E-state index in [0.29, 0.717) is 13.2 Å². The summed E-state index contributed by atoms with van der Waals surface area (Å²) in [6.07, 6.45) is 7.72. The van der Waals surface area contributed by atoms with Gasteiger partial charge in [0.1, 0.15) is 0 Å². The molecular formula is C18H36N2O3. The van der Waals surface area contributed by atoms with Crippen LogP contribution in [0.2, 0.25) is 0 Å². The number of amides is 2. The molecule has 1 aliphatic rings. The molecule has 5 nitrogen and oxygen atoms in total. The Balaban J connectivity index is 2.60. The smallest absolute Gasteiger partial charge is 0.324 e. The number of unbranched alkanes of at least 4 members (excludes halogenated alkanes) is 5. The van der Waals surface area contributed by atoms with Crippen LogP contribution in [0.5, 0.6) is 0 Å². The molecule has 1 rings (SSSR count). The van der Waals surface area contributed by atoms with E-state index in [1.54, 1.807) is 0 Å². The van der Waals surface area contributed by atoms with E-state index >= 15 is 0 Å². The third kappa shape index (κ3) is 5.96. The van der Waals surface area contributed by atoms with Crippen LogP contribution in [0.4, 0.5) is 4.79 Å². The van der Waals surface area contributed by atoms with E-state index in [-0.39, 0.29) is 18.5 Å². The van der Waals surface area contributed by atoms with Crippen molar-refractivity contribution in [2.75, 3.05) is 26.3 Å². The van der Waals surface area contributed by atoms with Crippen molar-refractivity contribution in [3.63, 3.8) is 0 Å². The van der Waals surface area contributed by atoms with Gasteiger partial charge in [-0.3, -0.25) is 9.80 Å². The first kappa shape index (κ1) is 20.2. The summed E-state index contributed by atoms with van der Waals surface area (Å²) in [7, 11) is 0. The molecule has 2 atom stereocenters. The van der Waals surface area contributed by atoms with Gasteiger partial charge in [0.15, 0.2) is 12.5 Å². The molecule has 1 saturated heterocycles. The maximum Gasteiger partial charge on any atom is 0.324 e. The molecule has 0 saturated carbocycles. The van der Waals surface area contributed by atoms with Crippen molar-refractivity contribution in [2.45, 2.75) is 85.1 Å². The third-order valence-corrected chi connectivity index (χ3v) is 4.24. The second-order valence-corrected chi connectivity index (χ2v) is 6.13. The molecule has 0 aromatic heterocycles. The number of rotatable bonds is 13. The molecular weight excluding hydrogens is 292 g/mol. The van der Waals surface area contributed by atoms with Crippen molar-refractivity contribution in [1.29, 1.82) is 0 Å². The number of carbonyl (C=O) groups excluding carboxylic acids is 1. The van der Waals surface area contributed by atoms with Gasteiger partial charge < -0.3 is 9.47 Å². The van der Waals surface area contributed by atoms with Gasteiger partial charge in [0.05, 0.1) is 0 Å². The third-order valence-electron chi connectivity index (χ3n) is 4.24. The average Bonchev–Trinajstić information content (AvgIpc) is 2.78. The van der Waals surface area contributed by atoms with Crippen LogP contribution in [-0.4, -0.2) is 54.6 Å². The predicted octanol–water partition coefficient (Wildman–Crippen LogP) is 4.22. The van der Waals surface area contributed by atoms with Gasteiger partial charge in [0.25, 0.3) is 0 Å². The minimum absolute atomic E-state index is 0.0670. The molecule has 0 N–H and O–H groups in total. The first-order valence-electron chi connectivity index (χ1n) is 9.51. The Morgan fingerprint density at radius 2 is 1.26 bits per heavy atom. The Kier molecular flexibility index (Phi) is 10.3. The van der Waals surface area contributed by atoms with Crippen molar-refractivity contribution in [2.24, 2.45) is 0 Å². The second kappa shape index (κ2) is 11.7. The largest absolute Gasteiger partial charge is 0.354 e. The molecule has 136 valence electrons. The fourth-order valence-corrected chi connectivity index (χ4v) is 3.13. The Morgan fingerprint density at radius 3 is 1.78 bits per heavy atom. The lowest BCUT2D eigenvalue weighted by molar-refractivity contribution is -0.131. The van der Waals surface area contributed by atoms with Gasteiger partial charge in [-0.25, -0.2) is 4.79 Å². The van der Waals surface area contributed by atoms with E-state index in [1.807, 2.05) is 23.6 Å². The molecule has 0 aromatic rings. The molecule has 1 aliphatic heterocycles. The van der Waals surface area contributed by atoms with Crippen molar-refractivity contribution < 1.29 is 14.3 Å². The first-order valence-corrected chi connectivity index (χ1v) is 9.51. The quantitative estimate of drug-likeness (QED) is 0.475. The number of hydrogen-bond donors (Lipinski definition) is 0. The predicted molar refractivity (Wildman–Crippen MR) is 93.3 cm³/mol. The summed E-state index contributed by atoms with van der Waals surface area (Å²) < 4.78 is 11.7. The summed E-state index contributed by atoms with van der Waals surface area (Å²) in [6.45, 7) is 10.9. The van der Waals surface area contributed by atoms with Gasteiger partial charge >= 0.3 is 6.03 Å². The van der Waals surface area contributed by atoms with Crippen LogP contribution in [0.1, 0.15) is 72.6 Å². The zero-order valence-electron chi connectivity index (χ0n) is 15.6. The van der Waals surface area contributed by atoms with Crippen LogP contribution in [0.3, 0.4) is 0 Å². The van der Waals surface area contributed by atoms with Crippen molar-refractivity contribution >= 4 is 6.03 Å². The normalized spacial score (nSPS) is 21.5. The van der Waals surface area contributed by atoms with Gasteiger partial charge in [-0.2, -0.15) is 0 Å². The number of ether oxygens (including phenoxy) is 2. The van der Waals surface area contributed by atoms with E-state index in [0.717, 1.165) is 25.9 Å². The monoisotopic (exact) mass is 328 g/mol. The summed E-state index contributed by atoms with van der Waals surface area (Å²) in [5.74, 6) is 0. The molecule has 0 aromatic carbocycles. The molecule has 0 spiro atoms. The van der Waals surface area contributed by atoms with E-state index in [4.69, 9.17) is 9.47 Å². The SMILES string of the molecule is CCCCCCCCN1C(=O)N(CCC)C(OCC)C1OCC. The highest BCUT2D eigenvalue weighted by atomic mass is 16.6. The zero-order valence-corrected chi connectivity index (χ0v) is 15.6. The molecule has 2 unspecified atom stereocenters. The standard InChI is InChI=1S/C18H36N2O3/c1-5-9-10-11-12-13-15-20-17(23-8-4)16(22-7-3)19(14-6-2)18(20)21/h16-17H,5-15H2,1-4H3. The Bertz CT molecular complexity index is 325. The van der Waals surface area contributed by atoms with Crippen LogP contribution in [0.15, 0.2) is 0 Å². The summed E-state index contributed by atoms with van der Waals surface area (Å²) in [4.78, 5) is 16.4. The van der Waals surface area contributed by atoms with Crippen molar-refractivity contribution in [1.82, 2.24) is 9.80 Å². The molecule has 1 heterocycles. The fraction of sp³-hybridized carbons (Fsp3) is 0.944. The maximum absolute atomic E-state index is 12.7. The van der Waals surface area contributed by atoms with Crippen LogP contribution in [0.25, 0.3) is 0 Å². The van der Waals surface area contributed by atoms with Crippen LogP contribution in [-0.2, 0) is 9.47 Å². The molecule has 2 amide bonds. The minimum atomic E-state index is -0.271. The van der Waals surface area contributed by atoms with E-state index in [9.17, 15) is 4.79 Å². The Hall–Kier alpha value is -0.810. The first-order chi connectivity index (χ1) is 11.2. The van der Waals surface area contributed by atoms with Gasteiger partial charge in [0.2, 0.25) is 0 Å². The maximum atomic E-state index is 12.7. The van der Waals surface area contributed by atoms with Crippen LogP contribution < -0.4 is 0 Å². The molecule has 1 fully saturated rings. The molecule has 23 heavy (non-hydrogen) atoms. The highest BCUT2D eigenvalue weighted by Gasteiger charge is 2.46. The summed E-state index contributed by atoms with van der Waals surface area (Å²) in [5, 5.41) is 0. The van der Waals surface area contributed by atoms with Gasteiger partial charge in [0, 0.05) is 26.3 Å². The van der Waals surface area contributed by atoms with E-state index in [2.05, 4.69) is 13.8 Å². The van der Waals surface area contributed by atoms with E-state index in [1.165, 1.54) is 32.1 Å². The highest BCUT2D eigenvalue weighted by Crippen LogP contribution is 2.26. The zero-order chi connectivity index (χ0) is 17.1.